The summed E-state index contributed by atoms with van der Waals surface area (Å²) >= 11 is 0. The number of Topliss-reactive ketones (excluding diaryl/α,β-unsaturated/α-hetero) is 1. The summed E-state index contributed by atoms with van der Waals surface area (Å²) < 4.78 is 33.8. The molecule has 3 nitrogen and oxygen atoms in total. The van der Waals surface area contributed by atoms with Crippen LogP contribution >= 0.6 is 0 Å². The molecule has 0 N–H and O–H groups in total. The minimum absolute atomic E-state index is 0.0414. The summed E-state index contributed by atoms with van der Waals surface area (Å²) in [5.74, 6) is -6.84. The Morgan fingerprint density at radius 1 is 1.32 bits per heavy atom. The summed E-state index contributed by atoms with van der Waals surface area (Å²) in [5, 5.41) is 0. The van der Waals surface area contributed by atoms with E-state index in [1.807, 2.05) is 0 Å². The second-order valence-corrected chi connectivity index (χ2v) is 4.97. The lowest BCUT2D eigenvalue weighted by Crippen LogP contribution is -2.52. The Bertz CT molecular complexity index is 582. The fourth-order valence-corrected chi connectivity index (χ4v) is 3.21. The number of carbonyl (C=O) groups excluding carboxylic acids is 2. The average Bonchev–Trinajstić information content (AvgIpc) is 2.76. The van der Waals surface area contributed by atoms with E-state index < -0.39 is 35.6 Å². The van der Waals surface area contributed by atoms with Gasteiger partial charge in [-0.05, 0) is 6.42 Å². The van der Waals surface area contributed by atoms with Crippen LogP contribution in [0.1, 0.15) is 35.7 Å². The van der Waals surface area contributed by atoms with Gasteiger partial charge in [-0.15, -0.1) is 0 Å². The van der Waals surface area contributed by atoms with E-state index in [9.17, 15) is 18.4 Å². The van der Waals surface area contributed by atoms with Crippen LogP contribution < -0.4 is 0 Å². The van der Waals surface area contributed by atoms with Crippen molar-refractivity contribution in [3.8, 4) is 0 Å². The van der Waals surface area contributed by atoms with Gasteiger partial charge in [-0.2, -0.15) is 8.78 Å². The first-order valence-electron chi connectivity index (χ1n) is 6.17. The molecule has 1 aromatic rings. The summed E-state index contributed by atoms with van der Waals surface area (Å²) in [6.45, 7) is 1.69. The van der Waals surface area contributed by atoms with Gasteiger partial charge >= 0.3 is 11.9 Å². The third-order valence-electron chi connectivity index (χ3n) is 4.12. The fraction of sp³-hybridized carbons (Fsp3) is 0.429. The summed E-state index contributed by atoms with van der Waals surface area (Å²) in [6, 6.07) is 6.16. The van der Waals surface area contributed by atoms with Crippen molar-refractivity contribution in [2.24, 2.45) is 5.92 Å². The summed E-state index contributed by atoms with van der Waals surface area (Å²) in [7, 11) is 0. The number of hydrogen-bond donors (Lipinski definition) is 0. The Labute approximate surface area is 108 Å². The predicted molar refractivity (Wildman–Crippen MR) is 61.9 cm³/mol. The number of benzene rings is 1. The van der Waals surface area contributed by atoms with E-state index in [-0.39, 0.29) is 12.0 Å². The molecule has 5 heteroatoms. The molecule has 1 heterocycles. The standard InChI is InChI=1S/C14H12F2O3/c1-2-13-9-6-4-3-5-8(9)12(18)14(15,16)10(13)7-11(17)19-13/h3-6,10H,2,7H2,1H3. The lowest BCUT2D eigenvalue weighted by atomic mass is 9.68. The molecule has 1 aliphatic carbocycles. The normalized spacial score (nSPS) is 31.6. The number of halogens is 2. The molecule has 100 valence electrons. The number of hydrogen-bond acceptors (Lipinski definition) is 3. The Balaban J connectivity index is 2.32. The fourth-order valence-electron chi connectivity index (χ4n) is 3.21. The van der Waals surface area contributed by atoms with Crippen LogP contribution in [-0.4, -0.2) is 17.7 Å². The van der Waals surface area contributed by atoms with E-state index >= 15 is 0 Å². The zero-order valence-electron chi connectivity index (χ0n) is 10.3. The summed E-state index contributed by atoms with van der Waals surface area (Å²) in [4.78, 5) is 23.4. The van der Waals surface area contributed by atoms with Crippen molar-refractivity contribution in [1.82, 2.24) is 0 Å². The Kier molecular flexibility index (Phi) is 2.34. The lowest BCUT2D eigenvalue weighted by molar-refractivity contribution is -0.157. The van der Waals surface area contributed by atoms with E-state index in [2.05, 4.69) is 0 Å². The molecular formula is C14H12F2O3. The van der Waals surface area contributed by atoms with Crippen molar-refractivity contribution in [1.29, 1.82) is 0 Å². The third kappa shape index (κ3) is 1.35. The van der Waals surface area contributed by atoms with Gasteiger partial charge in [-0.25, -0.2) is 0 Å². The highest BCUT2D eigenvalue weighted by Gasteiger charge is 2.67. The van der Waals surface area contributed by atoms with E-state index in [0.717, 1.165) is 0 Å². The highest BCUT2D eigenvalue weighted by Crippen LogP contribution is 2.56. The molecule has 3 rings (SSSR count). The van der Waals surface area contributed by atoms with Crippen LogP contribution in [0, 0.1) is 5.92 Å². The predicted octanol–water partition coefficient (Wildman–Crippen LogP) is 2.69. The number of carbonyl (C=O) groups is 2. The number of ketones is 1. The number of rotatable bonds is 1. The summed E-state index contributed by atoms with van der Waals surface area (Å²) in [5.41, 5.74) is -1.00. The molecular weight excluding hydrogens is 254 g/mol. The van der Waals surface area contributed by atoms with Gasteiger partial charge < -0.3 is 4.74 Å². The van der Waals surface area contributed by atoms with Gasteiger partial charge in [0.1, 0.15) is 5.60 Å². The van der Waals surface area contributed by atoms with Gasteiger partial charge in [0.25, 0.3) is 0 Å². The van der Waals surface area contributed by atoms with Gasteiger partial charge in [0.15, 0.2) is 0 Å². The highest BCUT2D eigenvalue weighted by molar-refractivity contribution is 6.05. The molecule has 2 atom stereocenters. The molecule has 0 saturated carbocycles. The Morgan fingerprint density at radius 3 is 2.68 bits per heavy atom. The minimum Gasteiger partial charge on any atom is -0.454 e. The lowest BCUT2D eigenvalue weighted by Gasteiger charge is -2.41. The number of alkyl halides is 2. The van der Waals surface area contributed by atoms with Crippen molar-refractivity contribution in [3.63, 3.8) is 0 Å². The first-order valence-corrected chi connectivity index (χ1v) is 6.17. The quantitative estimate of drug-likeness (QED) is 0.734. The zero-order valence-corrected chi connectivity index (χ0v) is 10.3. The monoisotopic (exact) mass is 266 g/mol. The largest absolute Gasteiger partial charge is 0.454 e. The van der Waals surface area contributed by atoms with Crippen LogP contribution in [0.5, 0.6) is 0 Å². The van der Waals surface area contributed by atoms with Crippen molar-refractivity contribution < 1.29 is 23.1 Å². The van der Waals surface area contributed by atoms with Crippen molar-refractivity contribution in [3.05, 3.63) is 35.4 Å². The van der Waals surface area contributed by atoms with Gasteiger partial charge in [0.2, 0.25) is 5.78 Å². The van der Waals surface area contributed by atoms with Gasteiger partial charge in [-0.1, -0.05) is 31.2 Å². The maximum Gasteiger partial charge on any atom is 0.317 e. The second-order valence-electron chi connectivity index (χ2n) is 4.97. The second kappa shape index (κ2) is 3.62. The highest BCUT2D eigenvalue weighted by atomic mass is 19.3. The number of ether oxygens (including phenoxy) is 1. The molecule has 0 radical (unpaired) electrons. The molecule has 1 aliphatic heterocycles. The SMILES string of the molecule is CCC12OC(=O)CC1C(F)(F)C(=O)c1ccccc12. The minimum atomic E-state index is -3.56. The van der Waals surface area contributed by atoms with Crippen molar-refractivity contribution in [2.75, 3.05) is 0 Å². The molecule has 1 fully saturated rings. The molecule has 2 unspecified atom stereocenters. The Hall–Kier alpha value is -1.78. The van der Waals surface area contributed by atoms with Crippen molar-refractivity contribution in [2.45, 2.75) is 31.3 Å². The number of fused-ring (bicyclic) bond motifs is 3. The molecule has 2 aliphatic rings. The van der Waals surface area contributed by atoms with E-state index in [1.165, 1.54) is 12.1 Å². The molecule has 1 aromatic carbocycles. The molecule has 0 spiro atoms. The molecule has 0 amide bonds. The van der Waals surface area contributed by atoms with Gasteiger partial charge in [0.05, 0.1) is 12.3 Å². The van der Waals surface area contributed by atoms with Gasteiger partial charge in [0, 0.05) is 11.1 Å². The summed E-state index contributed by atoms with van der Waals surface area (Å²) in [6.07, 6.45) is -0.190. The number of esters is 1. The maximum absolute atomic E-state index is 14.3. The van der Waals surface area contributed by atoms with Crippen LogP contribution in [0.4, 0.5) is 8.78 Å². The van der Waals surface area contributed by atoms with Crippen LogP contribution in [-0.2, 0) is 15.1 Å². The molecule has 0 bridgehead atoms. The first-order chi connectivity index (χ1) is 8.93. The van der Waals surface area contributed by atoms with Crippen LogP contribution in [0.25, 0.3) is 0 Å². The van der Waals surface area contributed by atoms with E-state index in [4.69, 9.17) is 4.74 Å². The molecule has 1 saturated heterocycles. The maximum atomic E-state index is 14.3. The van der Waals surface area contributed by atoms with E-state index in [0.29, 0.717) is 5.56 Å². The third-order valence-corrected chi connectivity index (χ3v) is 4.12. The van der Waals surface area contributed by atoms with Gasteiger partial charge in [-0.3, -0.25) is 9.59 Å². The zero-order chi connectivity index (χ0) is 13.8. The molecule has 0 aromatic heterocycles. The Morgan fingerprint density at radius 2 is 2.00 bits per heavy atom. The van der Waals surface area contributed by atoms with Crippen molar-refractivity contribution >= 4 is 11.8 Å². The smallest absolute Gasteiger partial charge is 0.317 e. The first kappa shape index (κ1) is 12.3. The van der Waals surface area contributed by atoms with Crippen LogP contribution in [0.15, 0.2) is 24.3 Å². The van der Waals surface area contributed by atoms with Crippen LogP contribution in [0.3, 0.4) is 0 Å². The topological polar surface area (TPSA) is 43.4 Å². The van der Waals surface area contributed by atoms with E-state index in [1.54, 1.807) is 19.1 Å². The molecule has 19 heavy (non-hydrogen) atoms. The van der Waals surface area contributed by atoms with Crippen LogP contribution in [0.2, 0.25) is 0 Å². The average molecular weight is 266 g/mol.